The van der Waals surface area contributed by atoms with Crippen molar-refractivity contribution in [1.82, 2.24) is 35.9 Å². The second-order valence-electron chi connectivity index (χ2n) is 10.4. The van der Waals surface area contributed by atoms with Crippen molar-refractivity contribution in [2.24, 2.45) is 5.41 Å². The van der Waals surface area contributed by atoms with E-state index >= 15 is 0 Å². The fraction of sp³-hybridized carbons (Fsp3) is 0.520. The summed E-state index contributed by atoms with van der Waals surface area (Å²) >= 11 is 0. The summed E-state index contributed by atoms with van der Waals surface area (Å²) in [5.41, 5.74) is 8.27. The number of hydrazine groups is 1. The number of rotatable bonds is 5. The molecule has 1 aromatic carbocycles. The maximum absolute atomic E-state index is 13.5. The Labute approximate surface area is 205 Å². The lowest BCUT2D eigenvalue weighted by atomic mass is 9.86. The molecule has 1 fully saturated rings. The van der Waals surface area contributed by atoms with Crippen LogP contribution in [0.5, 0.6) is 0 Å². The molecule has 2 aliphatic heterocycles. The van der Waals surface area contributed by atoms with Crippen LogP contribution in [0, 0.1) is 5.41 Å². The van der Waals surface area contributed by atoms with Gasteiger partial charge in [-0.3, -0.25) is 19.8 Å². The van der Waals surface area contributed by atoms with Crippen molar-refractivity contribution in [3.63, 3.8) is 0 Å². The van der Waals surface area contributed by atoms with E-state index in [2.05, 4.69) is 31.0 Å². The van der Waals surface area contributed by atoms with Crippen LogP contribution in [-0.4, -0.2) is 58.9 Å². The van der Waals surface area contributed by atoms with Crippen molar-refractivity contribution in [3.05, 3.63) is 41.2 Å². The first-order valence-corrected chi connectivity index (χ1v) is 12.0. The van der Waals surface area contributed by atoms with Crippen molar-refractivity contribution < 1.29 is 14.4 Å². The Morgan fingerprint density at radius 2 is 1.89 bits per heavy atom. The number of benzene rings is 1. The van der Waals surface area contributed by atoms with Crippen LogP contribution in [0.4, 0.5) is 0 Å². The lowest BCUT2D eigenvalue weighted by molar-refractivity contribution is -0.124. The summed E-state index contributed by atoms with van der Waals surface area (Å²) in [5.74, 6) is 0.114. The molecule has 2 aliphatic rings. The van der Waals surface area contributed by atoms with Gasteiger partial charge in [0.2, 0.25) is 11.8 Å². The molecule has 2 aromatic rings. The fourth-order valence-electron chi connectivity index (χ4n) is 4.66. The number of hydrogen-bond donors (Lipinski definition) is 4. The van der Waals surface area contributed by atoms with Crippen LogP contribution < -0.4 is 21.5 Å². The predicted molar refractivity (Wildman–Crippen MR) is 132 cm³/mol. The molecular formula is C25H35N7O3. The number of fused-ring (bicyclic) bond motifs is 1. The topological polar surface area (TPSA) is 120 Å². The minimum absolute atomic E-state index is 0.0252. The Balaban J connectivity index is 1.69. The number of nitrogens with zero attached hydrogens (tertiary/aromatic N) is 3. The molecule has 4 rings (SSSR count). The van der Waals surface area contributed by atoms with E-state index in [-0.39, 0.29) is 23.8 Å². The first-order chi connectivity index (χ1) is 16.6. The second kappa shape index (κ2) is 9.79. The Bertz CT molecular complexity index is 1120. The van der Waals surface area contributed by atoms with E-state index in [0.29, 0.717) is 18.7 Å². The highest BCUT2D eigenvalue weighted by atomic mass is 16.2. The molecule has 10 heteroatoms. The molecule has 0 aliphatic carbocycles. The summed E-state index contributed by atoms with van der Waals surface area (Å²) < 4.78 is 2.12. The van der Waals surface area contributed by atoms with Crippen molar-refractivity contribution in [1.29, 1.82) is 0 Å². The van der Waals surface area contributed by atoms with Gasteiger partial charge < -0.3 is 20.1 Å². The van der Waals surface area contributed by atoms with E-state index in [9.17, 15) is 14.4 Å². The minimum Gasteiger partial charge on any atom is -0.357 e. The normalized spacial score (nSPS) is 19.5. The SMILES string of the molecule is CNC(=O)C(NC(=O)c1nc(-c2ccc(C3CC(=O)NN3)cc2)n2c1CN(C)CCC2)C(C)(C)C. The fourth-order valence-corrected chi connectivity index (χ4v) is 4.66. The number of carbonyl (C=O) groups is 3. The third-order valence-corrected chi connectivity index (χ3v) is 6.63. The highest BCUT2D eigenvalue weighted by Crippen LogP contribution is 2.29. The van der Waals surface area contributed by atoms with Gasteiger partial charge in [-0.2, -0.15) is 0 Å². The molecule has 0 spiro atoms. The molecule has 2 atom stereocenters. The van der Waals surface area contributed by atoms with E-state index < -0.39 is 11.5 Å². The smallest absolute Gasteiger partial charge is 0.272 e. The lowest BCUT2D eigenvalue weighted by Crippen LogP contribution is -2.53. The molecule has 10 nitrogen and oxygen atoms in total. The van der Waals surface area contributed by atoms with Gasteiger partial charge in [0.1, 0.15) is 11.9 Å². The van der Waals surface area contributed by atoms with Crippen LogP contribution in [0.25, 0.3) is 11.4 Å². The number of hydrogen-bond acceptors (Lipinski definition) is 6. The molecular weight excluding hydrogens is 446 g/mol. The lowest BCUT2D eigenvalue weighted by Gasteiger charge is -2.29. The summed E-state index contributed by atoms with van der Waals surface area (Å²) in [7, 11) is 3.60. The molecule has 2 unspecified atom stereocenters. The van der Waals surface area contributed by atoms with E-state index in [1.807, 2.05) is 52.1 Å². The van der Waals surface area contributed by atoms with Gasteiger partial charge in [-0.05, 0) is 31.0 Å². The van der Waals surface area contributed by atoms with Crippen molar-refractivity contribution in [2.75, 3.05) is 20.6 Å². The summed E-state index contributed by atoms with van der Waals surface area (Å²) in [6, 6.07) is 7.17. The maximum Gasteiger partial charge on any atom is 0.272 e. The number of amides is 3. The third kappa shape index (κ3) is 5.23. The molecule has 35 heavy (non-hydrogen) atoms. The summed E-state index contributed by atoms with van der Waals surface area (Å²) in [6.45, 7) is 8.02. The quantitative estimate of drug-likeness (QED) is 0.512. The average molecular weight is 482 g/mol. The molecule has 4 N–H and O–H groups in total. The van der Waals surface area contributed by atoms with Crippen LogP contribution >= 0.6 is 0 Å². The summed E-state index contributed by atoms with van der Waals surface area (Å²) in [4.78, 5) is 44.5. The first-order valence-electron chi connectivity index (χ1n) is 12.0. The summed E-state index contributed by atoms with van der Waals surface area (Å²) in [5, 5.41) is 5.58. The van der Waals surface area contributed by atoms with Gasteiger partial charge in [0.25, 0.3) is 5.91 Å². The standard InChI is InChI=1S/C25H35N7O3/c1-25(2,3)21(24(35)26-4)28-23(34)20-18-14-31(5)11-6-12-32(18)22(27-20)16-9-7-15(8-10-16)17-13-19(33)30-29-17/h7-10,17,21,29H,6,11-14H2,1-5H3,(H,26,35)(H,28,34)(H,30,33). The average Bonchev–Trinajstić information content (AvgIpc) is 3.34. The minimum atomic E-state index is -0.696. The second-order valence-corrected chi connectivity index (χ2v) is 10.4. The van der Waals surface area contributed by atoms with Gasteiger partial charge in [0.05, 0.1) is 11.7 Å². The monoisotopic (exact) mass is 481 g/mol. The number of imidazole rings is 1. The summed E-state index contributed by atoms with van der Waals surface area (Å²) in [6.07, 6.45) is 1.34. The highest BCUT2D eigenvalue weighted by molar-refractivity contribution is 5.97. The van der Waals surface area contributed by atoms with Crippen LogP contribution in [0.3, 0.4) is 0 Å². The van der Waals surface area contributed by atoms with E-state index in [1.54, 1.807) is 7.05 Å². The molecule has 1 aromatic heterocycles. The van der Waals surface area contributed by atoms with Gasteiger partial charge in [0, 0.05) is 32.1 Å². The van der Waals surface area contributed by atoms with Crippen molar-refractivity contribution in [2.45, 2.75) is 58.8 Å². The van der Waals surface area contributed by atoms with Gasteiger partial charge in [-0.25, -0.2) is 10.4 Å². The number of aromatic nitrogens is 2. The predicted octanol–water partition coefficient (Wildman–Crippen LogP) is 1.34. The first kappa shape index (κ1) is 24.9. The molecule has 0 bridgehead atoms. The highest BCUT2D eigenvalue weighted by Gasteiger charge is 2.34. The van der Waals surface area contributed by atoms with E-state index in [4.69, 9.17) is 4.98 Å². The molecule has 1 saturated heterocycles. The molecule has 3 amide bonds. The number of likely N-dealkylation sites (N-methyl/N-ethyl adjacent to an activating group) is 1. The molecule has 3 heterocycles. The zero-order valence-corrected chi connectivity index (χ0v) is 21.1. The van der Waals surface area contributed by atoms with E-state index in [1.165, 1.54) is 0 Å². The van der Waals surface area contributed by atoms with Crippen molar-refractivity contribution in [3.8, 4) is 11.4 Å². The van der Waals surface area contributed by atoms with Crippen molar-refractivity contribution >= 4 is 17.7 Å². The van der Waals surface area contributed by atoms with Crippen LogP contribution in [0.1, 0.15) is 61.4 Å². The van der Waals surface area contributed by atoms with Gasteiger partial charge in [0.15, 0.2) is 5.69 Å². The third-order valence-electron chi connectivity index (χ3n) is 6.63. The van der Waals surface area contributed by atoms with Crippen LogP contribution in [-0.2, 0) is 22.7 Å². The van der Waals surface area contributed by atoms with Crippen LogP contribution in [0.2, 0.25) is 0 Å². The largest absolute Gasteiger partial charge is 0.357 e. The van der Waals surface area contributed by atoms with Gasteiger partial charge >= 0.3 is 0 Å². The Morgan fingerprint density at radius 3 is 2.49 bits per heavy atom. The zero-order chi connectivity index (χ0) is 25.3. The Hall–Kier alpha value is -3.24. The maximum atomic E-state index is 13.5. The zero-order valence-electron chi connectivity index (χ0n) is 21.1. The Kier molecular flexibility index (Phi) is 6.95. The molecule has 0 saturated carbocycles. The number of nitrogens with one attached hydrogen (secondary N) is 4. The van der Waals surface area contributed by atoms with Gasteiger partial charge in [-0.1, -0.05) is 45.0 Å². The van der Waals surface area contributed by atoms with Crippen LogP contribution in [0.15, 0.2) is 24.3 Å². The number of carbonyl (C=O) groups excluding carboxylic acids is 3. The van der Waals surface area contributed by atoms with E-state index in [0.717, 1.165) is 42.2 Å². The molecule has 0 radical (unpaired) electrons. The Morgan fingerprint density at radius 1 is 1.17 bits per heavy atom. The van der Waals surface area contributed by atoms with Gasteiger partial charge in [-0.15, -0.1) is 0 Å². The molecule has 188 valence electrons.